The van der Waals surface area contributed by atoms with E-state index in [1.54, 1.807) is 0 Å². The molecule has 0 aliphatic carbocycles. The van der Waals surface area contributed by atoms with Crippen molar-refractivity contribution >= 4 is 15.9 Å². The Bertz CT molecular complexity index is 476. The summed E-state index contributed by atoms with van der Waals surface area (Å²) < 4.78 is 3.15. The topological polar surface area (TPSA) is 29.9 Å². The van der Waals surface area contributed by atoms with Gasteiger partial charge in [-0.15, -0.1) is 0 Å². The van der Waals surface area contributed by atoms with Crippen LogP contribution in [0.3, 0.4) is 0 Å². The lowest BCUT2D eigenvalue weighted by atomic mass is 10.2. The highest BCUT2D eigenvalue weighted by Crippen LogP contribution is 2.12. The van der Waals surface area contributed by atoms with Crippen LogP contribution in [0.5, 0.6) is 0 Å². The average molecular weight is 294 g/mol. The van der Waals surface area contributed by atoms with Gasteiger partial charge in [-0.05, 0) is 24.6 Å². The maximum Gasteiger partial charge on any atom is 0.125 e. The van der Waals surface area contributed by atoms with E-state index in [1.807, 2.05) is 24.0 Å². The number of halogens is 1. The van der Waals surface area contributed by atoms with Crippen LogP contribution in [0.25, 0.3) is 0 Å². The van der Waals surface area contributed by atoms with Gasteiger partial charge >= 0.3 is 0 Å². The molecule has 4 heteroatoms. The molecule has 0 saturated carbocycles. The minimum atomic E-state index is 0.249. The minimum absolute atomic E-state index is 0.249. The molecule has 0 aliphatic rings. The highest BCUT2D eigenvalue weighted by Gasteiger charge is 2.08. The lowest BCUT2D eigenvalue weighted by Gasteiger charge is -2.13. The summed E-state index contributed by atoms with van der Waals surface area (Å²) >= 11 is 3.43. The van der Waals surface area contributed by atoms with E-state index in [4.69, 9.17) is 0 Å². The van der Waals surface area contributed by atoms with Gasteiger partial charge in [0.2, 0.25) is 0 Å². The van der Waals surface area contributed by atoms with E-state index in [0.29, 0.717) is 0 Å². The van der Waals surface area contributed by atoms with Crippen LogP contribution < -0.4 is 5.32 Å². The van der Waals surface area contributed by atoms with Gasteiger partial charge in [0.25, 0.3) is 0 Å². The van der Waals surface area contributed by atoms with Gasteiger partial charge in [0.15, 0.2) is 0 Å². The summed E-state index contributed by atoms with van der Waals surface area (Å²) in [6.07, 6.45) is 3.79. The fourth-order valence-electron chi connectivity index (χ4n) is 1.76. The van der Waals surface area contributed by atoms with Crippen LogP contribution in [0.1, 0.15) is 24.4 Å². The zero-order chi connectivity index (χ0) is 12.3. The van der Waals surface area contributed by atoms with Crippen molar-refractivity contribution in [1.29, 1.82) is 0 Å². The first-order valence-corrected chi connectivity index (χ1v) is 6.41. The standard InChI is InChI=1S/C13H16BrN3/c1-10(13-15-7-8-17(13)2)16-9-11-3-5-12(14)6-4-11/h3-8,10,16H,9H2,1-2H3. The molecule has 1 aromatic heterocycles. The van der Waals surface area contributed by atoms with Crippen LogP contribution >= 0.6 is 15.9 Å². The van der Waals surface area contributed by atoms with Crippen molar-refractivity contribution in [3.05, 3.63) is 52.5 Å². The lowest BCUT2D eigenvalue weighted by Crippen LogP contribution is -2.20. The maximum absolute atomic E-state index is 4.34. The van der Waals surface area contributed by atoms with E-state index in [1.165, 1.54) is 5.56 Å². The predicted molar refractivity (Wildman–Crippen MR) is 72.6 cm³/mol. The summed E-state index contributed by atoms with van der Waals surface area (Å²) in [6, 6.07) is 8.59. The van der Waals surface area contributed by atoms with E-state index in [2.05, 4.69) is 57.4 Å². The van der Waals surface area contributed by atoms with Crippen molar-refractivity contribution in [2.24, 2.45) is 7.05 Å². The molecule has 2 rings (SSSR count). The van der Waals surface area contributed by atoms with Crippen LogP contribution in [0.2, 0.25) is 0 Å². The molecule has 1 unspecified atom stereocenters. The smallest absolute Gasteiger partial charge is 0.125 e. The van der Waals surface area contributed by atoms with Gasteiger partial charge in [-0.1, -0.05) is 28.1 Å². The molecule has 1 heterocycles. The number of imidazole rings is 1. The molecular formula is C13H16BrN3. The average Bonchev–Trinajstić information content (AvgIpc) is 2.74. The van der Waals surface area contributed by atoms with Crippen LogP contribution in [0.4, 0.5) is 0 Å². The molecule has 0 amide bonds. The van der Waals surface area contributed by atoms with E-state index in [9.17, 15) is 0 Å². The Morgan fingerprint density at radius 3 is 2.65 bits per heavy atom. The van der Waals surface area contributed by atoms with Crippen molar-refractivity contribution in [3.8, 4) is 0 Å². The van der Waals surface area contributed by atoms with E-state index in [-0.39, 0.29) is 6.04 Å². The van der Waals surface area contributed by atoms with Crippen LogP contribution in [0, 0.1) is 0 Å². The molecule has 0 fully saturated rings. The second-order valence-electron chi connectivity index (χ2n) is 4.13. The van der Waals surface area contributed by atoms with Crippen molar-refractivity contribution < 1.29 is 0 Å². The number of hydrogen-bond acceptors (Lipinski definition) is 2. The Morgan fingerprint density at radius 2 is 2.06 bits per heavy atom. The molecule has 90 valence electrons. The second kappa shape index (κ2) is 5.47. The molecule has 0 bridgehead atoms. The summed E-state index contributed by atoms with van der Waals surface area (Å²) in [4.78, 5) is 4.34. The van der Waals surface area contributed by atoms with Gasteiger partial charge in [-0.3, -0.25) is 0 Å². The summed E-state index contributed by atoms with van der Waals surface area (Å²) in [5.41, 5.74) is 1.27. The molecule has 1 N–H and O–H groups in total. The van der Waals surface area contributed by atoms with Crippen molar-refractivity contribution in [3.63, 3.8) is 0 Å². The SMILES string of the molecule is CC(NCc1ccc(Br)cc1)c1nccn1C. The van der Waals surface area contributed by atoms with E-state index < -0.39 is 0 Å². The van der Waals surface area contributed by atoms with Gasteiger partial charge in [0.05, 0.1) is 6.04 Å². The normalized spacial score (nSPS) is 12.6. The molecule has 0 radical (unpaired) electrons. The Morgan fingerprint density at radius 1 is 1.35 bits per heavy atom. The van der Waals surface area contributed by atoms with Crippen molar-refractivity contribution in [2.45, 2.75) is 19.5 Å². The van der Waals surface area contributed by atoms with Crippen LogP contribution in [-0.4, -0.2) is 9.55 Å². The number of hydrogen-bond donors (Lipinski definition) is 1. The summed E-state index contributed by atoms with van der Waals surface area (Å²) in [5, 5.41) is 3.46. The van der Waals surface area contributed by atoms with E-state index >= 15 is 0 Å². The van der Waals surface area contributed by atoms with Crippen LogP contribution in [-0.2, 0) is 13.6 Å². The summed E-state index contributed by atoms with van der Waals surface area (Å²) in [6.45, 7) is 2.97. The summed E-state index contributed by atoms with van der Waals surface area (Å²) in [5.74, 6) is 1.06. The van der Waals surface area contributed by atoms with Gasteiger partial charge in [0, 0.05) is 30.5 Å². The third-order valence-corrected chi connectivity index (χ3v) is 3.30. The molecule has 0 aliphatic heterocycles. The number of nitrogens with one attached hydrogen (secondary N) is 1. The number of aryl methyl sites for hydroxylation is 1. The number of nitrogens with zero attached hydrogens (tertiary/aromatic N) is 2. The number of benzene rings is 1. The minimum Gasteiger partial charge on any atom is -0.337 e. The van der Waals surface area contributed by atoms with Gasteiger partial charge in [-0.25, -0.2) is 4.98 Å². The van der Waals surface area contributed by atoms with Gasteiger partial charge in [0.1, 0.15) is 5.82 Å². The Hall–Kier alpha value is -1.13. The Balaban J connectivity index is 1.94. The van der Waals surface area contributed by atoms with Crippen LogP contribution in [0.15, 0.2) is 41.1 Å². The lowest BCUT2D eigenvalue weighted by molar-refractivity contribution is 0.530. The van der Waals surface area contributed by atoms with Gasteiger partial charge < -0.3 is 9.88 Å². The highest BCUT2D eigenvalue weighted by molar-refractivity contribution is 9.10. The summed E-state index contributed by atoms with van der Waals surface area (Å²) in [7, 11) is 2.01. The Kier molecular flexibility index (Phi) is 3.97. The monoisotopic (exact) mass is 293 g/mol. The first-order chi connectivity index (χ1) is 8.16. The molecule has 0 spiro atoms. The number of rotatable bonds is 4. The second-order valence-corrected chi connectivity index (χ2v) is 5.04. The molecule has 0 saturated heterocycles. The van der Waals surface area contributed by atoms with Gasteiger partial charge in [-0.2, -0.15) is 0 Å². The zero-order valence-electron chi connectivity index (χ0n) is 10.0. The maximum atomic E-state index is 4.34. The predicted octanol–water partition coefficient (Wildman–Crippen LogP) is 3.03. The molecular weight excluding hydrogens is 278 g/mol. The largest absolute Gasteiger partial charge is 0.337 e. The quantitative estimate of drug-likeness (QED) is 0.939. The van der Waals surface area contributed by atoms with Crippen molar-refractivity contribution in [1.82, 2.24) is 14.9 Å². The Labute approximate surface area is 110 Å². The third kappa shape index (κ3) is 3.17. The molecule has 1 atom stereocenters. The first kappa shape index (κ1) is 12.3. The fourth-order valence-corrected chi connectivity index (χ4v) is 2.02. The highest BCUT2D eigenvalue weighted by atomic mass is 79.9. The molecule has 17 heavy (non-hydrogen) atoms. The fraction of sp³-hybridized carbons (Fsp3) is 0.308. The number of aromatic nitrogens is 2. The first-order valence-electron chi connectivity index (χ1n) is 5.62. The molecule has 2 aromatic rings. The van der Waals surface area contributed by atoms with Crippen molar-refractivity contribution in [2.75, 3.05) is 0 Å². The van der Waals surface area contributed by atoms with E-state index in [0.717, 1.165) is 16.8 Å². The molecule has 3 nitrogen and oxygen atoms in total. The zero-order valence-corrected chi connectivity index (χ0v) is 11.6. The third-order valence-electron chi connectivity index (χ3n) is 2.77. The molecule has 1 aromatic carbocycles.